The molecule has 0 radical (unpaired) electrons. The molecule has 7 nitrogen and oxygen atoms in total. The lowest BCUT2D eigenvalue weighted by Gasteiger charge is -2.57. The number of hydrogen-bond acceptors (Lipinski definition) is 5. The number of nitrogens with zero attached hydrogens (tertiary/aromatic N) is 2. The number of ether oxygens (including phenoxy) is 2. The van der Waals surface area contributed by atoms with Crippen LogP contribution < -0.4 is 14.8 Å². The Morgan fingerprint density at radius 3 is 2.70 bits per heavy atom. The highest BCUT2D eigenvalue weighted by Gasteiger charge is 2.54. The van der Waals surface area contributed by atoms with Gasteiger partial charge >= 0.3 is 0 Å². The second-order valence-electron chi connectivity index (χ2n) is 10.3. The Morgan fingerprint density at radius 1 is 1.21 bits per heavy atom. The van der Waals surface area contributed by atoms with Crippen LogP contribution in [-0.4, -0.2) is 45.0 Å². The molecule has 7 heteroatoms. The molecular weight excluding hydrogens is 418 g/mol. The van der Waals surface area contributed by atoms with Gasteiger partial charge in [0.25, 0.3) is 5.91 Å². The SMILES string of the molecule is Cc1ccccc1OC1CC2(CC(NC(=O)c3cnn4cc(OCC(C)(C)O)ccc34)C2)C1. The average molecular weight is 450 g/mol. The number of hydrogen-bond donors (Lipinski definition) is 2. The van der Waals surface area contributed by atoms with E-state index in [-0.39, 0.29) is 24.7 Å². The number of aliphatic hydroxyl groups is 1. The number of amides is 1. The number of carbonyl (C=O) groups is 1. The Balaban J connectivity index is 1.13. The maximum absolute atomic E-state index is 12.9. The molecular formula is C26H31N3O4. The number of pyridine rings is 1. The molecule has 2 fully saturated rings. The van der Waals surface area contributed by atoms with Gasteiger partial charge in [0.2, 0.25) is 0 Å². The van der Waals surface area contributed by atoms with Gasteiger partial charge in [0.1, 0.15) is 18.1 Å². The van der Waals surface area contributed by atoms with Crippen molar-refractivity contribution in [1.29, 1.82) is 0 Å². The summed E-state index contributed by atoms with van der Waals surface area (Å²) in [5.41, 5.74) is 1.85. The molecule has 3 aromatic rings. The number of para-hydroxylation sites is 1. The van der Waals surface area contributed by atoms with Crippen molar-refractivity contribution in [3.8, 4) is 11.5 Å². The summed E-state index contributed by atoms with van der Waals surface area (Å²) in [6, 6.07) is 11.9. The predicted octanol–water partition coefficient (Wildman–Crippen LogP) is 3.91. The van der Waals surface area contributed by atoms with Gasteiger partial charge in [-0.1, -0.05) is 18.2 Å². The van der Waals surface area contributed by atoms with Crippen LogP contribution in [0.3, 0.4) is 0 Å². The number of carbonyl (C=O) groups excluding carboxylic acids is 1. The van der Waals surface area contributed by atoms with Crippen molar-refractivity contribution in [1.82, 2.24) is 14.9 Å². The van der Waals surface area contributed by atoms with E-state index in [0.29, 0.717) is 16.7 Å². The van der Waals surface area contributed by atoms with Crippen molar-refractivity contribution in [2.24, 2.45) is 5.41 Å². The Kier molecular flexibility index (Phi) is 5.32. The van der Waals surface area contributed by atoms with Crippen LogP contribution >= 0.6 is 0 Å². The number of nitrogens with one attached hydrogen (secondary N) is 1. The first kappa shape index (κ1) is 21.8. The van der Waals surface area contributed by atoms with Crippen molar-refractivity contribution in [3.63, 3.8) is 0 Å². The lowest BCUT2D eigenvalue weighted by molar-refractivity contribution is -0.0835. The molecule has 5 rings (SSSR count). The topological polar surface area (TPSA) is 85.1 Å². The van der Waals surface area contributed by atoms with Crippen LogP contribution in [0.1, 0.15) is 55.5 Å². The van der Waals surface area contributed by atoms with E-state index in [9.17, 15) is 9.90 Å². The molecule has 2 aromatic heterocycles. The molecule has 2 aliphatic carbocycles. The molecule has 1 aromatic carbocycles. The van der Waals surface area contributed by atoms with Gasteiger partial charge in [-0.3, -0.25) is 4.79 Å². The number of rotatable bonds is 7. The maximum Gasteiger partial charge on any atom is 0.255 e. The third kappa shape index (κ3) is 4.55. The number of fused-ring (bicyclic) bond motifs is 1. The second kappa shape index (κ2) is 8.06. The first-order valence-electron chi connectivity index (χ1n) is 11.6. The lowest BCUT2D eigenvalue weighted by atomic mass is 9.53. The third-order valence-electron chi connectivity index (χ3n) is 6.73. The average Bonchev–Trinajstić information content (AvgIpc) is 3.13. The van der Waals surface area contributed by atoms with E-state index < -0.39 is 5.60 Å². The van der Waals surface area contributed by atoms with Crippen molar-refractivity contribution in [3.05, 3.63) is 59.9 Å². The predicted molar refractivity (Wildman–Crippen MR) is 125 cm³/mol. The molecule has 0 bridgehead atoms. The van der Waals surface area contributed by atoms with Crippen LogP contribution in [0.15, 0.2) is 48.8 Å². The molecule has 0 atom stereocenters. The zero-order valence-electron chi connectivity index (χ0n) is 19.4. The van der Waals surface area contributed by atoms with E-state index in [1.54, 1.807) is 36.8 Å². The summed E-state index contributed by atoms with van der Waals surface area (Å²) in [6.45, 7) is 5.62. The monoisotopic (exact) mass is 449 g/mol. The molecule has 0 unspecified atom stereocenters. The first-order valence-corrected chi connectivity index (χ1v) is 11.6. The summed E-state index contributed by atoms with van der Waals surface area (Å²) in [6.07, 6.45) is 7.69. The van der Waals surface area contributed by atoms with Crippen LogP contribution in [0.4, 0.5) is 0 Å². The van der Waals surface area contributed by atoms with E-state index in [1.807, 2.05) is 24.3 Å². The molecule has 0 aliphatic heterocycles. The Morgan fingerprint density at radius 2 is 1.97 bits per heavy atom. The molecule has 1 spiro atoms. The van der Waals surface area contributed by atoms with E-state index in [1.165, 1.54) is 5.56 Å². The van der Waals surface area contributed by atoms with Gasteiger partial charge in [0, 0.05) is 6.04 Å². The summed E-state index contributed by atoms with van der Waals surface area (Å²) >= 11 is 0. The summed E-state index contributed by atoms with van der Waals surface area (Å²) in [7, 11) is 0. The van der Waals surface area contributed by atoms with E-state index in [0.717, 1.165) is 36.9 Å². The van der Waals surface area contributed by atoms with Crippen LogP contribution in [0.2, 0.25) is 0 Å². The highest BCUT2D eigenvalue weighted by atomic mass is 16.5. The van der Waals surface area contributed by atoms with E-state index in [4.69, 9.17) is 9.47 Å². The second-order valence-corrected chi connectivity index (χ2v) is 10.3. The maximum atomic E-state index is 12.9. The Labute approximate surface area is 193 Å². The highest BCUT2D eigenvalue weighted by Crippen LogP contribution is 2.56. The minimum atomic E-state index is -0.919. The van der Waals surface area contributed by atoms with Crippen LogP contribution in [0, 0.1) is 12.3 Å². The molecule has 2 saturated carbocycles. The molecule has 0 saturated heterocycles. The van der Waals surface area contributed by atoms with Crippen LogP contribution in [-0.2, 0) is 0 Å². The fourth-order valence-corrected chi connectivity index (χ4v) is 5.03. The highest BCUT2D eigenvalue weighted by molar-refractivity contribution is 6.00. The Bertz CT molecular complexity index is 1170. The summed E-state index contributed by atoms with van der Waals surface area (Å²) in [5, 5.41) is 17.3. The summed E-state index contributed by atoms with van der Waals surface area (Å²) in [5.74, 6) is 1.47. The zero-order chi connectivity index (χ0) is 23.2. The van der Waals surface area contributed by atoms with Crippen molar-refractivity contribution >= 4 is 11.4 Å². The Hall–Kier alpha value is -3.06. The van der Waals surface area contributed by atoms with Gasteiger partial charge in [-0.25, -0.2) is 4.52 Å². The van der Waals surface area contributed by atoms with Gasteiger partial charge < -0.3 is 19.9 Å². The van der Waals surface area contributed by atoms with E-state index >= 15 is 0 Å². The van der Waals surface area contributed by atoms with Crippen molar-refractivity contribution in [2.75, 3.05) is 6.61 Å². The van der Waals surface area contributed by atoms with E-state index in [2.05, 4.69) is 23.4 Å². The number of benzene rings is 1. The summed E-state index contributed by atoms with van der Waals surface area (Å²) in [4.78, 5) is 12.9. The standard InChI is InChI=1S/C26H31N3O4/c1-17-6-4-5-7-23(17)33-20-12-26(13-20)10-18(11-26)28-24(30)21-14-27-29-15-19(8-9-22(21)29)32-16-25(2,3)31/h4-9,14-15,18,20,31H,10-13,16H2,1-3H3,(H,28,30). The molecule has 174 valence electrons. The minimum Gasteiger partial charge on any atom is -0.490 e. The minimum absolute atomic E-state index is 0.0953. The van der Waals surface area contributed by atoms with Gasteiger partial charge in [-0.05, 0) is 75.6 Å². The quantitative estimate of drug-likeness (QED) is 0.571. The first-order chi connectivity index (χ1) is 15.7. The van der Waals surface area contributed by atoms with Crippen LogP contribution in [0.5, 0.6) is 11.5 Å². The van der Waals surface area contributed by atoms with Crippen LogP contribution in [0.25, 0.3) is 5.52 Å². The fourth-order valence-electron chi connectivity index (χ4n) is 5.03. The molecule has 2 heterocycles. The normalized spacial score (nSPS) is 24.2. The van der Waals surface area contributed by atoms with Gasteiger partial charge in [0.15, 0.2) is 0 Å². The number of aryl methyl sites for hydroxylation is 1. The number of aromatic nitrogens is 2. The fraction of sp³-hybridized carbons (Fsp3) is 0.462. The third-order valence-corrected chi connectivity index (χ3v) is 6.73. The van der Waals surface area contributed by atoms with Gasteiger partial charge in [-0.2, -0.15) is 5.10 Å². The van der Waals surface area contributed by atoms with Crippen molar-refractivity contribution < 1.29 is 19.4 Å². The smallest absolute Gasteiger partial charge is 0.255 e. The van der Waals surface area contributed by atoms with Gasteiger partial charge in [0.05, 0.1) is 35.2 Å². The summed E-state index contributed by atoms with van der Waals surface area (Å²) < 4.78 is 13.4. The largest absolute Gasteiger partial charge is 0.490 e. The molecule has 2 aliphatic rings. The lowest BCUT2D eigenvalue weighted by Crippen LogP contribution is -2.58. The zero-order valence-corrected chi connectivity index (χ0v) is 19.4. The molecule has 1 amide bonds. The van der Waals surface area contributed by atoms with Crippen molar-refractivity contribution in [2.45, 2.75) is 64.2 Å². The molecule has 2 N–H and O–H groups in total. The molecule has 33 heavy (non-hydrogen) atoms. The van der Waals surface area contributed by atoms with Gasteiger partial charge in [-0.15, -0.1) is 0 Å².